The minimum absolute atomic E-state index is 0.0308. The second kappa shape index (κ2) is 9.30. The number of rotatable bonds is 8. The van der Waals surface area contributed by atoms with Gasteiger partial charge in [-0.2, -0.15) is 9.97 Å². The van der Waals surface area contributed by atoms with E-state index < -0.39 is 0 Å². The van der Waals surface area contributed by atoms with Crippen LogP contribution in [0.15, 0.2) is 30.6 Å². The quantitative estimate of drug-likeness (QED) is 0.419. The largest absolute Gasteiger partial charge is 0.398 e. The van der Waals surface area contributed by atoms with Crippen LogP contribution in [0.25, 0.3) is 11.2 Å². The Labute approximate surface area is 176 Å². The molecule has 30 heavy (non-hydrogen) atoms. The van der Waals surface area contributed by atoms with E-state index in [1.54, 1.807) is 0 Å². The maximum atomic E-state index is 9.61. The van der Waals surface area contributed by atoms with E-state index in [-0.39, 0.29) is 12.6 Å². The lowest BCUT2D eigenvalue weighted by molar-refractivity contribution is 0.271. The fourth-order valence-corrected chi connectivity index (χ4v) is 4.06. The van der Waals surface area contributed by atoms with Crippen molar-refractivity contribution in [3.8, 4) is 0 Å². The molecule has 2 aromatic heterocycles. The highest BCUT2D eigenvalue weighted by molar-refractivity contribution is 5.84. The molecular weight excluding hydrogens is 378 g/mol. The van der Waals surface area contributed by atoms with E-state index in [9.17, 15) is 5.11 Å². The Balaban J connectivity index is 1.69. The minimum atomic E-state index is -0.0916. The van der Waals surface area contributed by atoms with Gasteiger partial charge < -0.3 is 26.0 Å². The van der Waals surface area contributed by atoms with Gasteiger partial charge in [-0.1, -0.05) is 44.4 Å². The molecule has 0 spiro atoms. The monoisotopic (exact) mass is 409 g/mol. The van der Waals surface area contributed by atoms with Crippen LogP contribution in [0.3, 0.4) is 0 Å². The summed E-state index contributed by atoms with van der Waals surface area (Å²) in [5.74, 6) is 1.18. The highest BCUT2D eigenvalue weighted by Crippen LogP contribution is 2.32. The fourth-order valence-electron chi connectivity index (χ4n) is 4.06. The maximum absolute atomic E-state index is 9.61. The number of nitrogens with zero attached hydrogens (tertiary/aromatic N) is 4. The second-order valence-electron chi connectivity index (χ2n) is 8.00. The van der Waals surface area contributed by atoms with Crippen LogP contribution in [0.4, 0.5) is 17.5 Å². The summed E-state index contributed by atoms with van der Waals surface area (Å²) in [6, 6.07) is 8.12. The van der Waals surface area contributed by atoms with Gasteiger partial charge in [0.2, 0.25) is 5.95 Å². The molecule has 0 saturated heterocycles. The van der Waals surface area contributed by atoms with Gasteiger partial charge in [0, 0.05) is 18.3 Å². The maximum Gasteiger partial charge on any atom is 0.227 e. The van der Waals surface area contributed by atoms with Crippen molar-refractivity contribution in [1.29, 1.82) is 0 Å². The van der Waals surface area contributed by atoms with Gasteiger partial charge >= 0.3 is 0 Å². The van der Waals surface area contributed by atoms with Gasteiger partial charge in [-0.25, -0.2) is 4.98 Å². The minimum Gasteiger partial charge on any atom is -0.398 e. The van der Waals surface area contributed by atoms with Crippen LogP contribution in [0, 0.1) is 0 Å². The number of nitrogens with two attached hydrogens (primary N) is 1. The van der Waals surface area contributed by atoms with Crippen LogP contribution < -0.4 is 16.4 Å². The topological polar surface area (TPSA) is 114 Å². The van der Waals surface area contributed by atoms with Crippen molar-refractivity contribution in [2.45, 2.75) is 64.1 Å². The summed E-state index contributed by atoms with van der Waals surface area (Å²) in [5.41, 5.74) is 9.44. The first-order valence-electron chi connectivity index (χ1n) is 10.9. The Morgan fingerprint density at radius 3 is 2.73 bits per heavy atom. The molecule has 0 amide bonds. The second-order valence-corrected chi connectivity index (χ2v) is 8.00. The predicted molar refractivity (Wildman–Crippen MR) is 120 cm³/mol. The first-order chi connectivity index (χ1) is 14.7. The number of para-hydroxylation sites is 1. The normalized spacial score (nSPS) is 15.9. The third kappa shape index (κ3) is 4.33. The van der Waals surface area contributed by atoms with Crippen molar-refractivity contribution in [3.63, 3.8) is 0 Å². The molecule has 1 aliphatic rings. The summed E-state index contributed by atoms with van der Waals surface area (Å²) in [7, 11) is 0. The molecule has 8 nitrogen and oxygen atoms in total. The zero-order valence-electron chi connectivity index (χ0n) is 17.5. The van der Waals surface area contributed by atoms with Gasteiger partial charge in [-0.05, 0) is 30.9 Å². The smallest absolute Gasteiger partial charge is 0.227 e. The lowest BCUT2D eigenvalue weighted by Crippen LogP contribution is -2.24. The Kier molecular flexibility index (Phi) is 6.32. The van der Waals surface area contributed by atoms with Crippen LogP contribution >= 0.6 is 0 Å². The highest BCUT2D eigenvalue weighted by Gasteiger charge is 2.21. The van der Waals surface area contributed by atoms with E-state index in [2.05, 4.69) is 25.2 Å². The van der Waals surface area contributed by atoms with Crippen LogP contribution in [0.2, 0.25) is 0 Å². The summed E-state index contributed by atoms with van der Waals surface area (Å²) in [5, 5.41) is 16.3. The van der Waals surface area contributed by atoms with E-state index in [0.717, 1.165) is 41.7 Å². The van der Waals surface area contributed by atoms with Crippen LogP contribution in [-0.2, 0) is 6.54 Å². The Morgan fingerprint density at radius 2 is 2.00 bits per heavy atom. The van der Waals surface area contributed by atoms with Gasteiger partial charge in [0.05, 0.1) is 19.0 Å². The lowest BCUT2D eigenvalue weighted by Gasteiger charge is -2.23. The molecule has 1 aromatic carbocycles. The van der Waals surface area contributed by atoms with Crippen molar-refractivity contribution in [2.75, 3.05) is 23.0 Å². The van der Waals surface area contributed by atoms with Gasteiger partial charge in [0.25, 0.3) is 0 Å². The summed E-state index contributed by atoms with van der Waals surface area (Å²) < 4.78 is 2.20. The summed E-state index contributed by atoms with van der Waals surface area (Å²) in [6.45, 7) is 2.60. The number of nitrogens with one attached hydrogen (secondary N) is 2. The zero-order chi connectivity index (χ0) is 20.9. The summed E-state index contributed by atoms with van der Waals surface area (Å²) >= 11 is 0. The van der Waals surface area contributed by atoms with Gasteiger partial charge in [0.15, 0.2) is 17.0 Å². The summed E-state index contributed by atoms with van der Waals surface area (Å²) in [4.78, 5) is 14.1. The van der Waals surface area contributed by atoms with Crippen molar-refractivity contribution >= 4 is 28.6 Å². The van der Waals surface area contributed by atoms with E-state index >= 15 is 0 Å². The van der Waals surface area contributed by atoms with Crippen LogP contribution in [0.5, 0.6) is 0 Å². The molecule has 2 heterocycles. The van der Waals surface area contributed by atoms with E-state index in [1.165, 1.54) is 19.3 Å². The molecule has 3 aromatic rings. The predicted octanol–water partition coefficient (Wildman–Crippen LogP) is 3.71. The number of aromatic nitrogens is 4. The number of hydrogen-bond acceptors (Lipinski definition) is 7. The first-order valence-corrected chi connectivity index (χ1v) is 10.9. The number of aliphatic hydroxyl groups is 1. The van der Waals surface area contributed by atoms with Crippen LogP contribution in [-0.4, -0.2) is 37.3 Å². The molecule has 5 N–H and O–H groups in total. The number of benzene rings is 1. The van der Waals surface area contributed by atoms with Gasteiger partial charge in [-0.15, -0.1) is 0 Å². The number of nitrogen functional groups attached to an aromatic ring is 1. The van der Waals surface area contributed by atoms with Crippen LogP contribution in [0.1, 0.15) is 57.1 Å². The molecule has 8 heteroatoms. The highest BCUT2D eigenvalue weighted by atomic mass is 16.3. The third-order valence-corrected chi connectivity index (χ3v) is 5.94. The molecule has 0 bridgehead atoms. The standard InChI is InChI=1S/C22H31N7O/c1-2-16(13-30)26-22-27-20(24-12-15-8-6-7-11-18(15)23)19-21(28-22)29(14-25-19)17-9-4-3-5-10-17/h6-8,11,14,16-17,30H,2-5,9-10,12-13,23H2,1H3,(H2,24,26,27,28). The number of anilines is 3. The average molecular weight is 410 g/mol. The number of fused-ring (bicyclic) bond motifs is 1. The number of aliphatic hydroxyl groups excluding tert-OH is 1. The molecule has 0 aliphatic heterocycles. The molecule has 0 radical (unpaired) electrons. The van der Waals surface area contributed by atoms with Crippen molar-refractivity contribution in [3.05, 3.63) is 36.2 Å². The van der Waals surface area contributed by atoms with E-state index in [4.69, 9.17) is 10.7 Å². The number of hydrogen-bond donors (Lipinski definition) is 4. The molecular formula is C22H31N7O. The Bertz CT molecular complexity index is 977. The molecule has 160 valence electrons. The first kappa shape index (κ1) is 20.4. The number of imidazole rings is 1. The molecule has 4 rings (SSSR count). The third-order valence-electron chi connectivity index (χ3n) is 5.94. The summed E-state index contributed by atoms with van der Waals surface area (Å²) in [6.07, 6.45) is 8.74. The Hall–Kier alpha value is -2.87. The van der Waals surface area contributed by atoms with E-state index in [1.807, 2.05) is 37.5 Å². The SMILES string of the molecule is CCC(CO)Nc1nc(NCc2ccccc2N)c2ncn(C3CCCCC3)c2n1. The van der Waals surface area contributed by atoms with Crippen molar-refractivity contribution in [2.24, 2.45) is 0 Å². The average Bonchev–Trinajstić information content (AvgIpc) is 3.21. The molecule has 1 unspecified atom stereocenters. The molecule has 1 saturated carbocycles. The Morgan fingerprint density at radius 1 is 1.20 bits per heavy atom. The lowest BCUT2D eigenvalue weighted by atomic mass is 9.95. The molecule has 1 atom stereocenters. The molecule has 1 fully saturated rings. The van der Waals surface area contributed by atoms with Gasteiger partial charge in [0.1, 0.15) is 0 Å². The van der Waals surface area contributed by atoms with E-state index in [0.29, 0.717) is 24.4 Å². The van der Waals surface area contributed by atoms with Crippen molar-refractivity contribution in [1.82, 2.24) is 19.5 Å². The van der Waals surface area contributed by atoms with Crippen molar-refractivity contribution < 1.29 is 5.11 Å². The molecule has 1 aliphatic carbocycles. The fraction of sp³-hybridized carbons (Fsp3) is 0.500. The zero-order valence-corrected chi connectivity index (χ0v) is 17.5. The van der Waals surface area contributed by atoms with Gasteiger partial charge in [-0.3, -0.25) is 0 Å².